The summed E-state index contributed by atoms with van der Waals surface area (Å²) in [7, 11) is 3.57. The Morgan fingerprint density at radius 1 is 1.37 bits per heavy atom. The van der Waals surface area contributed by atoms with Crippen LogP contribution in [0, 0.1) is 0 Å². The second-order valence-corrected chi connectivity index (χ2v) is 7.24. The Morgan fingerprint density at radius 2 is 2.19 bits per heavy atom. The first kappa shape index (κ1) is 18.0. The van der Waals surface area contributed by atoms with Crippen molar-refractivity contribution < 1.29 is 14.1 Å². The summed E-state index contributed by atoms with van der Waals surface area (Å²) >= 11 is 0. The molecule has 2 aromatic heterocycles. The highest BCUT2D eigenvalue weighted by Gasteiger charge is 2.34. The van der Waals surface area contributed by atoms with Crippen molar-refractivity contribution in [2.24, 2.45) is 7.05 Å². The number of nitrogens with zero attached hydrogens (tertiary/aromatic N) is 5. The van der Waals surface area contributed by atoms with E-state index in [9.17, 15) is 4.79 Å². The molecule has 1 amide bonds. The van der Waals surface area contributed by atoms with Crippen molar-refractivity contribution in [3.8, 4) is 5.88 Å². The number of methoxy groups -OCH3 is 1. The molecular formula is C18H26N6O3. The molecule has 0 bridgehead atoms. The minimum atomic E-state index is -0.251. The lowest BCUT2D eigenvalue weighted by molar-refractivity contribution is 0.0937. The normalized spacial score (nSPS) is 20.2. The summed E-state index contributed by atoms with van der Waals surface area (Å²) in [6.45, 7) is 3.73. The van der Waals surface area contributed by atoms with E-state index in [4.69, 9.17) is 9.26 Å². The zero-order chi connectivity index (χ0) is 19.0. The maximum atomic E-state index is 12.1. The highest BCUT2D eigenvalue weighted by atomic mass is 16.5. The smallest absolute Gasteiger partial charge is 0.292 e. The molecule has 4 rings (SSSR count). The molecule has 9 heteroatoms. The summed E-state index contributed by atoms with van der Waals surface area (Å²) < 4.78 is 12.8. The Balaban J connectivity index is 1.51. The standard InChI is InChI=1S/C18H26N6O3/c1-4-13-12(18(26-3)23(2)21-13)10-24-9-5-6-14(24)17-20-15(22-27-17)16(25)19-11-7-8-11/h11,14H,4-10H2,1-3H3,(H,19,25). The highest BCUT2D eigenvalue weighted by Crippen LogP contribution is 2.34. The summed E-state index contributed by atoms with van der Waals surface area (Å²) in [4.78, 5) is 18.8. The number of likely N-dealkylation sites (tertiary alicyclic amines) is 1. The van der Waals surface area contributed by atoms with E-state index in [0.29, 0.717) is 12.4 Å². The Hall–Kier alpha value is -2.42. The van der Waals surface area contributed by atoms with Crippen molar-refractivity contribution in [3.05, 3.63) is 23.0 Å². The van der Waals surface area contributed by atoms with Crippen LogP contribution in [-0.4, -0.2) is 50.4 Å². The minimum Gasteiger partial charge on any atom is -0.481 e. The van der Waals surface area contributed by atoms with Gasteiger partial charge in [0.2, 0.25) is 11.8 Å². The van der Waals surface area contributed by atoms with Crippen LogP contribution in [0.25, 0.3) is 0 Å². The molecule has 9 nitrogen and oxygen atoms in total. The molecule has 1 unspecified atom stereocenters. The number of hydrogen-bond acceptors (Lipinski definition) is 7. The summed E-state index contributed by atoms with van der Waals surface area (Å²) in [5.41, 5.74) is 2.13. The molecule has 146 valence electrons. The Morgan fingerprint density at radius 3 is 2.89 bits per heavy atom. The summed E-state index contributed by atoms with van der Waals surface area (Å²) in [6.07, 6.45) is 4.87. The zero-order valence-electron chi connectivity index (χ0n) is 16.1. The Bertz CT molecular complexity index is 825. The number of rotatable bonds is 7. The number of aryl methyl sites for hydroxylation is 2. The average molecular weight is 374 g/mol. The second kappa shape index (κ2) is 7.30. The zero-order valence-corrected chi connectivity index (χ0v) is 16.1. The maximum absolute atomic E-state index is 12.1. The Kier molecular flexibility index (Phi) is 4.86. The van der Waals surface area contributed by atoms with Crippen molar-refractivity contribution in [2.45, 2.75) is 57.7 Å². The molecule has 2 aromatic rings. The molecular weight excluding hydrogens is 348 g/mol. The molecule has 1 N–H and O–H groups in total. The fraction of sp³-hybridized carbons (Fsp3) is 0.667. The fourth-order valence-electron chi connectivity index (χ4n) is 3.74. The van der Waals surface area contributed by atoms with Crippen LogP contribution in [0.1, 0.15) is 66.4 Å². The summed E-state index contributed by atoms with van der Waals surface area (Å²) in [5.74, 6) is 1.16. The van der Waals surface area contributed by atoms with E-state index in [1.54, 1.807) is 11.8 Å². The van der Waals surface area contributed by atoms with E-state index in [0.717, 1.165) is 55.8 Å². The molecule has 1 saturated carbocycles. The van der Waals surface area contributed by atoms with Crippen LogP contribution in [0.5, 0.6) is 5.88 Å². The van der Waals surface area contributed by atoms with Gasteiger partial charge in [0.05, 0.1) is 24.4 Å². The van der Waals surface area contributed by atoms with Crippen LogP contribution >= 0.6 is 0 Å². The summed E-state index contributed by atoms with van der Waals surface area (Å²) in [5, 5.41) is 11.3. The van der Waals surface area contributed by atoms with Crippen molar-refractivity contribution in [1.82, 2.24) is 30.1 Å². The first-order valence-corrected chi connectivity index (χ1v) is 9.58. The number of aromatic nitrogens is 4. The number of amides is 1. The fourth-order valence-corrected chi connectivity index (χ4v) is 3.74. The first-order valence-electron chi connectivity index (χ1n) is 9.58. The molecule has 1 aliphatic heterocycles. The van der Waals surface area contributed by atoms with E-state index in [-0.39, 0.29) is 23.8 Å². The molecule has 2 aliphatic rings. The van der Waals surface area contributed by atoms with Gasteiger partial charge in [0, 0.05) is 19.6 Å². The molecule has 0 aromatic carbocycles. The van der Waals surface area contributed by atoms with Crippen LogP contribution in [0.15, 0.2) is 4.52 Å². The SMILES string of the molecule is CCc1nn(C)c(OC)c1CN1CCCC1c1nc(C(=O)NC2CC2)no1. The third-order valence-corrected chi connectivity index (χ3v) is 5.27. The predicted molar refractivity (Wildman–Crippen MR) is 96.3 cm³/mol. The van der Waals surface area contributed by atoms with E-state index >= 15 is 0 Å². The predicted octanol–water partition coefficient (Wildman–Crippen LogP) is 1.60. The number of ether oxygens (including phenoxy) is 1. The van der Waals surface area contributed by atoms with Gasteiger partial charge in [0.25, 0.3) is 11.7 Å². The molecule has 0 spiro atoms. The number of nitrogens with one attached hydrogen (secondary N) is 1. The summed E-state index contributed by atoms with van der Waals surface area (Å²) in [6, 6.07) is 0.280. The van der Waals surface area contributed by atoms with Gasteiger partial charge in [-0.25, -0.2) is 4.68 Å². The van der Waals surface area contributed by atoms with Gasteiger partial charge < -0.3 is 14.6 Å². The van der Waals surface area contributed by atoms with Crippen molar-refractivity contribution in [3.63, 3.8) is 0 Å². The number of carbonyl (C=O) groups is 1. The van der Waals surface area contributed by atoms with Crippen LogP contribution < -0.4 is 10.1 Å². The van der Waals surface area contributed by atoms with Gasteiger partial charge in [-0.05, 0) is 38.6 Å². The lowest BCUT2D eigenvalue weighted by atomic mass is 10.1. The largest absolute Gasteiger partial charge is 0.481 e. The van der Waals surface area contributed by atoms with Gasteiger partial charge in [-0.2, -0.15) is 10.1 Å². The van der Waals surface area contributed by atoms with Crippen LogP contribution in [0.3, 0.4) is 0 Å². The maximum Gasteiger partial charge on any atom is 0.292 e. The minimum absolute atomic E-state index is 0.00888. The van der Waals surface area contributed by atoms with Crippen LogP contribution in [0.4, 0.5) is 0 Å². The van der Waals surface area contributed by atoms with E-state index < -0.39 is 0 Å². The lowest BCUT2D eigenvalue weighted by Crippen LogP contribution is -2.27. The molecule has 1 atom stereocenters. The third kappa shape index (κ3) is 3.55. The topological polar surface area (TPSA) is 98.3 Å². The van der Waals surface area contributed by atoms with Crippen molar-refractivity contribution in [2.75, 3.05) is 13.7 Å². The van der Waals surface area contributed by atoms with Crippen LogP contribution in [-0.2, 0) is 20.0 Å². The van der Waals surface area contributed by atoms with E-state index in [1.165, 1.54) is 0 Å². The average Bonchev–Trinajstić information content (AvgIpc) is 3.08. The molecule has 3 heterocycles. The molecule has 27 heavy (non-hydrogen) atoms. The van der Waals surface area contributed by atoms with Gasteiger partial charge in [-0.3, -0.25) is 9.69 Å². The quantitative estimate of drug-likeness (QED) is 0.786. The lowest BCUT2D eigenvalue weighted by Gasteiger charge is -2.21. The monoisotopic (exact) mass is 374 g/mol. The molecule has 1 aliphatic carbocycles. The molecule has 1 saturated heterocycles. The van der Waals surface area contributed by atoms with Gasteiger partial charge in [-0.15, -0.1) is 0 Å². The number of carbonyl (C=O) groups excluding carboxylic acids is 1. The molecule has 0 radical (unpaired) electrons. The first-order chi connectivity index (χ1) is 13.1. The molecule has 2 fully saturated rings. The highest BCUT2D eigenvalue weighted by molar-refractivity contribution is 5.90. The van der Waals surface area contributed by atoms with E-state index in [1.807, 2.05) is 7.05 Å². The number of hydrogen-bond donors (Lipinski definition) is 1. The van der Waals surface area contributed by atoms with E-state index in [2.05, 4.69) is 32.4 Å². The van der Waals surface area contributed by atoms with Gasteiger partial charge >= 0.3 is 0 Å². The van der Waals surface area contributed by atoms with Crippen LogP contribution in [0.2, 0.25) is 0 Å². The van der Waals surface area contributed by atoms with Crippen molar-refractivity contribution >= 4 is 5.91 Å². The van der Waals surface area contributed by atoms with Gasteiger partial charge in [-0.1, -0.05) is 12.1 Å². The van der Waals surface area contributed by atoms with Gasteiger partial charge in [0.15, 0.2) is 0 Å². The van der Waals surface area contributed by atoms with Crippen molar-refractivity contribution in [1.29, 1.82) is 0 Å². The second-order valence-electron chi connectivity index (χ2n) is 7.24. The third-order valence-electron chi connectivity index (χ3n) is 5.27. The van der Waals surface area contributed by atoms with Gasteiger partial charge in [0.1, 0.15) is 0 Å². The Labute approximate surface area is 158 Å².